The monoisotopic (exact) mass is 292 g/mol. The molecule has 0 radical (unpaired) electrons. The number of halogens is 1. The Morgan fingerprint density at radius 2 is 1.94 bits per heavy atom. The van der Waals surface area contributed by atoms with Crippen molar-refractivity contribution in [3.63, 3.8) is 0 Å². The van der Waals surface area contributed by atoms with Crippen molar-refractivity contribution in [2.45, 2.75) is 26.2 Å². The van der Waals surface area contributed by atoms with Crippen molar-refractivity contribution in [3.8, 4) is 5.75 Å². The van der Waals surface area contributed by atoms with Gasteiger partial charge in [-0.15, -0.1) is 12.1 Å². The fourth-order valence-electron chi connectivity index (χ4n) is 1.09. The summed E-state index contributed by atoms with van der Waals surface area (Å²) in [6.07, 6.45) is 0. The Balaban J connectivity index is 0.00000106. The van der Waals surface area contributed by atoms with Crippen molar-refractivity contribution < 1.29 is 26.8 Å². The molecule has 0 saturated carbocycles. The number of methoxy groups -OCH3 is 1. The quantitative estimate of drug-likeness (QED) is 0.483. The zero-order chi connectivity index (χ0) is 12.6. The van der Waals surface area contributed by atoms with Gasteiger partial charge in [0.25, 0.3) is 0 Å². The first-order chi connectivity index (χ1) is 7.54. The summed E-state index contributed by atoms with van der Waals surface area (Å²) in [5.41, 5.74) is 1.42. The maximum atomic E-state index is 5.25. The minimum absolute atomic E-state index is 0.163. The molecule has 1 aromatic rings. The number of benzene rings is 1. The van der Waals surface area contributed by atoms with Crippen LogP contribution in [0.15, 0.2) is 18.2 Å². The van der Waals surface area contributed by atoms with E-state index in [1.807, 2.05) is 12.1 Å². The van der Waals surface area contributed by atoms with Crippen molar-refractivity contribution in [2.75, 3.05) is 13.9 Å². The summed E-state index contributed by atoms with van der Waals surface area (Å²) in [7, 11) is 6.36. The van der Waals surface area contributed by atoms with Crippen molar-refractivity contribution in [1.29, 1.82) is 0 Å². The fourth-order valence-corrected chi connectivity index (χ4v) is 1.09. The molecular formula is C12H17ClO2Zn. The molecule has 0 unspecified atom stereocenters. The zero-order valence-corrected chi connectivity index (χ0v) is 14.1. The van der Waals surface area contributed by atoms with E-state index in [4.69, 9.17) is 19.2 Å². The van der Waals surface area contributed by atoms with Crippen LogP contribution in [0.4, 0.5) is 0 Å². The molecule has 0 spiro atoms. The molecule has 0 aliphatic rings. The van der Waals surface area contributed by atoms with Gasteiger partial charge in [-0.05, 0) is 0 Å². The van der Waals surface area contributed by atoms with Crippen molar-refractivity contribution in [1.82, 2.24) is 0 Å². The Morgan fingerprint density at radius 3 is 2.31 bits per heavy atom. The summed E-state index contributed by atoms with van der Waals surface area (Å²) in [6, 6.07) is 9.01. The van der Waals surface area contributed by atoms with Crippen molar-refractivity contribution >= 4 is 9.69 Å². The van der Waals surface area contributed by atoms with E-state index in [9.17, 15) is 0 Å². The molecule has 0 amide bonds. The van der Waals surface area contributed by atoms with Gasteiger partial charge in [0.2, 0.25) is 0 Å². The van der Waals surface area contributed by atoms with E-state index in [0.717, 1.165) is 23.1 Å². The van der Waals surface area contributed by atoms with E-state index >= 15 is 0 Å². The Labute approximate surface area is 112 Å². The van der Waals surface area contributed by atoms with Crippen LogP contribution in [0.3, 0.4) is 0 Å². The predicted molar refractivity (Wildman–Crippen MR) is 62.3 cm³/mol. The van der Waals surface area contributed by atoms with Crippen LogP contribution in [0.2, 0.25) is 0 Å². The van der Waals surface area contributed by atoms with Gasteiger partial charge in [-0.2, -0.15) is 17.7 Å². The maximum absolute atomic E-state index is 5.25. The molecule has 0 aliphatic carbocycles. The molecule has 0 aliphatic heterocycles. The van der Waals surface area contributed by atoms with Gasteiger partial charge in [-0.25, -0.2) is 0 Å². The van der Waals surface area contributed by atoms with Crippen LogP contribution >= 0.6 is 9.69 Å². The van der Waals surface area contributed by atoms with Gasteiger partial charge >= 0.3 is 27.0 Å². The summed E-state index contributed by atoms with van der Waals surface area (Å²) in [5.74, 6) is 0.722. The minimum atomic E-state index is 0.163. The second kappa shape index (κ2) is 8.05. The molecule has 1 aromatic carbocycles. The Bertz CT molecular complexity index is 280. The van der Waals surface area contributed by atoms with Gasteiger partial charge in [0, 0.05) is 12.9 Å². The predicted octanol–water partition coefficient (Wildman–Crippen LogP) is 3.45. The van der Waals surface area contributed by atoms with E-state index < -0.39 is 0 Å². The summed E-state index contributed by atoms with van der Waals surface area (Å²) < 4.78 is 10.0. The van der Waals surface area contributed by atoms with Crippen molar-refractivity contribution in [3.05, 3.63) is 29.8 Å². The number of ether oxygens (including phenoxy) is 2. The second-order valence-electron chi connectivity index (χ2n) is 4.24. The Hall–Kier alpha value is -0.107. The van der Waals surface area contributed by atoms with Gasteiger partial charge in [-0.1, -0.05) is 26.2 Å². The second-order valence-corrected chi connectivity index (χ2v) is 4.24. The molecule has 4 heteroatoms. The topological polar surface area (TPSA) is 18.5 Å². The van der Waals surface area contributed by atoms with E-state index in [-0.39, 0.29) is 12.2 Å². The normalized spacial score (nSPS) is 10.4. The number of hydrogen-bond donors (Lipinski definition) is 0. The average Bonchev–Trinajstić information content (AvgIpc) is 2.28. The van der Waals surface area contributed by atoms with Crippen LogP contribution in [0.5, 0.6) is 5.75 Å². The van der Waals surface area contributed by atoms with E-state index in [2.05, 4.69) is 32.9 Å². The van der Waals surface area contributed by atoms with E-state index in [1.54, 1.807) is 7.11 Å². The molecule has 0 heterocycles. The summed E-state index contributed by atoms with van der Waals surface area (Å²) in [4.78, 5) is 0. The first-order valence-electron chi connectivity index (χ1n) is 4.95. The fraction of sp³-hybridized carbons (Fsp3) is 0.500. The molecular weight excluding hydrogens is 277 g/mol. The molecule has 0 fully saturated rings. The molecule has 0 atom stereocenters. The molecule has 1 rings (SSSR count). The number of rotatable bonds is 3. The number of hydrogen-bond acceptors (Lipinski definition) is 2. The first-order valence-corrected chi connectivity index (χ1v) is 8.84. The third-order valence-electron chi connectivity index (χ3n) is 1.98. The van der Waals surface area contributed by atoms with Crippen LogP contribution in [-0.4, -0.2) is 13.9 Å². The Morgan fingerprint density at radius 1 is 1.31 bits per heavy atom. The average molecular weight is 294 g/mol. The van der Waals surface area contributed by atoms with E-state index in [0.29, 0.717) is 0 Å². The third-order valence-corrected chi connectivity index (χ3v) is 1.98. The molecule has 0 bridgehead atoms. The van der Waals surface area contributed by atoms with Crippen LogP contribution in [-0.2, 0) is 27.5 Å². The van der Waals surface area contributed by atoms with E-state index in [1.165, 1.54) is 5.56 Å². The van der Waals surface area contributed by atoms with Gasteiger partial charge < -0.3 is 9.47 Å². The molecule has 0 N–H and O–H groups in total. The SMILES string of the molecule is COCOc1[c-]cc(C(C)(C)C)cc1.[Cl][Zn+]. The first kappa shape index (κ1) is 15.9. The molecule has 2 nitrogen and oxygen atoms in total. The zero-order valence-electron chi connectivity index (χ0n) is 10.3. The van der Waals surface area contributed by atoms with Gasteiger partial charge in [0.05, 0.1) is 0 Å². The summed E-state index contributed by atoms with van der Waals surface area (Å²) in [6.45, 7) is 6.79. The molecule has 16 heavy (non-hydrogen) atoms. The van der Waals surface area contributed by atoms with Crippen LogP contribution in [0.1, 0.15) is 26.3 Å². The Kier molecular flexibility index (Phi) is 8.00. The molecule has 86 valence electrons. The standard InChI is InChI=1S/C12H17O2.ClH.Zn/c1-12(2,3)10-5-7-11(8-6-10)14-9-13-4;;/h5-7H,9H2,1-4H3;1H;/q-1;;+2/p-1. The van der Waals surface area contributed by atoms with Crippen LogP contribution < -0.4 is 4.74 Å². The van der Waals surface area contributed by atoms with Crippen LogP contribution in [0, 0.1) is 6.07 Å². The summed E-state index contributed by atoms with van der Waals surface area (Å²) >= 11 is 0.847. The summed E-state index contributed by atoms with van der Waals surface area (Å²) in [5, 5.41) is 0. The molecule has 0 aromatic heterocycles. The van der Waals surface area contributed by atoms with Crippen LogP contribution in [0.25, 0.3) is 0 Å². The van der Waals surface area contributed by atoms with Gasteiger partial charge in [-0.3, -0.25) is 0 Å². The third kappa shape index (κ3) is 5.84. The van der Waals surface area contributed by atoms with Gasteiger partial charge in [0.15, 0.2) is 6.79 Å². The van der Waals surface area contributed by atoms with Gasteiger partial charge in [0.1, 0.15) is 0 Å². The van der Waals surface area contributed by atoms with Crippen molar-refractivity contribution in [2.24, 2.45) is 0 Å². The molecule has 0 saturated heterocycles.